The smallest absolute Gasteiger partial charge is 0.189 e. The van der Waals surface area contributed by atoms with E-state index in [-0.39, 0.29) is 0 Å². The fourth-order valence-electron chi connectivity index (χ4n) is 3.61. The molecule has 2 heterocycles. The molecule has 5 heteroatoms. The standard InChI is InChI=1S/C22H26N4S/c23-22(24-15-20-14-18-8-4-5-9-21(18)27-20)25-19-10-12-26(13-11-19)16-17-6-2-1-3-7-17/h1-9,14,19H,10-13,15-16H2,(H3,23,24,25). The number of nitrogens with one attached hydrogen (secondary N) is 1. The zero-order valence-corrected chi connectivity index (χ0v) is 16.3. The summed E-state index contributed by atoms with van der Waals surface area (Å²) in [4.78, 5) is 8.31. The second-order valence-electron chi connectivity index (χ2n) is 7.13. The van der Waals surface area contributed by atoms with Crippen molar-refractivity contribution in [2.24, 2.45) is 10.7 Å². The highest BCUT2D eigenvalue weighted by molar-refractivity contribution is 7.19. The van der Waals surface area contributed by atoms with Crippen LogP contribution in [0, 0.1) is 0 Å². The van der Waals surface area contributed by atoms with Crippen LogP contribution >= 0.6 is 11.3 Å². The van der Waals surface area contributed by atoms with Gasteiger partial charge in [0.2, 0.25) is 0 Å². The lowest BCUT2D eigenvalue weighted by atomic mass is 10.0. The molecule has 0 saturated carbocycles. The van der Waals surface area contributed by atoms with Crippen LogP contribution in [0.5, 0.6) is 0 Å². The fraction of sp³-hybridized carbons (Fsp3) is 0.318. The summed E-state index contributed by atoms with van der Waals surface area (Å²) in [6, 6.07) is 21.7. The van der Waals surface area contributed by atoms with Crippen LogP contribution in [-0.4, -0.2) is 30.0 Å². The Kier molecular flexibility index (Phi) is 5.70. The normalized spacial score (nSPS) is 16.7. The van der Waals surface area contributed by atoms with E-state index in [4.69, 9.17) is 5.73 Å². The number of aliphatic imine (C=N–C) groups is 1. The Morgan fingerprint density at radius 3 is 2.59 bits per heavy atom. The number of nitrogens with zero attached hydrogens (tertiary/aromatic N) is 2. The van der Waals surface area contributed by atoms with Gasteiger partial charge in [-0.05, 0) is 35.9 Å². The van der Waals surface area contributed by atoms with Gasteiger partial charge in [0, 0.05) is 35.3 Å². The van der Waals surface area contributed by atoms with Crippen molar-refractivity contribution in [3.05, 3.63) is 71.1 Å². The highest BCUT2D eigenvalue weighted by Gasteiger charge is 2.19. The van der Waals surface area contributed by atoms with Gasteiger partial charge in [-0.2, -0.15) is 0 Å². The quantitative estimate of drug-likeness (QED) is 0.522. The SMILES string of the molecule is NC(=NCc1cc2ccccc2s1)NC1CCN(Cc2ccccc2)CC1. The lowest BCUT2D eigenvalue weighted by molar-refractivity contribution is 0.199. The lowest BCUT2D eigenvalue weighted by Crippen LogP contribution is -2.46. The Balaban J connectivity index is 1.25. The van der Waals surface area contributed by atoms with E-state index in [0.717, 1.165) is 32.5 Å². The van der Waals surface area contributed by atoms with Gasteiger partial charge >= 0.3 is 0 Å². The Morgan fingerprint density at radius 1 is 1.07 bits per heavy atom. The molecule has 1 fully saturated rings. The molecule has 1 saturated heterocycles. The minimum absolute atomic E-state index is 0.420. The number of likely N-dealkylation sites (tertiary alicyclic amines) is 1. The molecule has 1 aliphatic heterocycles. The molecular weight excluding hydrogens is 352 g/mol. The largest absolute Gasteiger partial charge is 0.370 e. The van der Waals surface area contributed by atoms with E-state index >= 15 is 0 Å². The molecule has 140 valence electrons. The molecule has 4 rings (SSSR count). The molecule has 0 radical (unpaired) electrons. The second kappa shape index (κ2) is 8.55. The maximum Gasteiger partial charge on any atom is 0.189 e. The minimum Gasteiger partial charge on any atom is -0.370 e. The van der Waals surface area contributed by atoms with Crippen LogP contribution in [0.4, 0.5) is 0 Å². The summed E-state index contributed by atoms with van der Waals surface area (Å²) >= 11 is 1.79. The number of piperidine rings is 1. The zero-order valence-electron chi connectivity index (χ0n) is 15.5. The maximum absolute atomic E-state index is 6.13. The number of guanidine groups is 1. The van der Waals surface area contributed by atoms with E-state index in [1.165, 1.54) is 20.5 Å². The highest BCUT2D eigenvalue weighted by Crippen LogP contribution is 2.25. The number of nitrogens with two attached hydrogens (primary N) is 1. The molecular formula is C22H26N4S. The molecule has 3 N–H and O–H groups in total. The summed E-state index contributed by atoms with van der Waals surface area (Å²) < 4.78 is 1.31. The Labute approximate surface area is 164 Å². The monoisotopic (exact) mass is 378 g/mol. The molecule has 4 nitrogen and oxygen atoms in total. The predicted molar refractivity (Wildman–Crippen MR) is 115 cm³/mol. The van der Waals surface area contributed by atoms with E-state index in [9.17, 15) is 0 Å². The number of benzene rings is 2. The minimum atomic E-state index is 0.420. The summed E-state index contributed by atoms with van der Waals surface area (Å²) in [6.07, 6.45) is 2.21. The number of hydrogen-bond donors (Lipinski definition) is 2. The number of thiophene rings is 1. The number of rotatable bonds is 5. The van der Waals surface area contributed by atoms with E-state index in [1.54, 1.807) is 11.3 Å². The highest BCUT2D eigenvalue weighted by atomic mass is 32.1. The van der Waals surface area contributed by atoms with Gasteiger partial charge in [0.15, 0.2) is 5.96 Å². The van der Waals surface area contributed by atoms with E-state index in [0.29, 0.717) is 18.5 Å². The van der Waals surface area contributed by atoms with Crippen LogP contribution < -0.4 is 11.1 Å². The third-order valence-corrected chi connectivity index (χ3v) is 6.17. The molecule has 0 amide bonds. The van der Waals surface area contributed by atoms with Gasteiger partial charge in [-0.25, -0.2) is 4.99 Å². The van der Waals surface area contributed by atoms with Gasteiger partial charge in [-0.3, -0.25) is 4.90 Å². The van der Waals surface area contributed by atoms with Gasteiger partial charge < -0.3 is 11.1 Å². The van der Waals surface area contributed by atoms with Crippen LogP contribution in [0.3, 0.4) is 0 Å². The second-order valence-corrected chi connectivity index (χ2v) is 8.30. The number of fused-ring (bicyclic) bond motifs is 1. The zero-order chi connectivity index (χ0) is 18.5. The summed E-state index contributed by atoms with van der Waals surface area (Å²) in [7, 11) is 0. The summed E-state index contributed by atoms with van der Waals surface area (Å²) in [6.45, 7) is 3.86. The first-order chi connectivity index (χ1) is 13.3. The fourth-order valence-corrected chi connectivity index (χ4v) is 4.60. The average molecular weight is 379 g/mol. The van der Waals surface area contributed by atoms with Gasteiger partial charge in [0.05, 0.1) is 6.54 Å². The summed E-state index contributed by atoms with van der Waals surface area (Å²) in [5.41, 5.74) is 7.52. The molecule has 0 atom stereocenters. The van der Waals surface area contributed by atoms with Crippen molar-refractivity contribution >= 4 is 27.4 Å². The first-order valence-electron chi connectivity index (χ1n) is 9.56. The van der Waals surface area contributed by atoms with Crippen molar-refractivity contribution < 1.29 is 0 Å². The van der Waals surface area contributed by atoms with Crippen LogP contribution in [0.1, 0.15) is 23.3 Å². The Morgan fingerprint density at radius 2 is 1.81 bits per heavy atom. The van der Waals surface area contributed by atoms with E-state index < -0.39 is 0 Å². The molecule has 0 aliphatic carbocycles. The Bertz CT molecular complexity index is 862. The van der Waals surface area contributed by atoms with Crippen LogP contribution in [0.25, 0.3) is 10.1 Å². The molecule has 27 heavy (non-hydrogen) atoms. The molecule has 3 aromatic rings. The lowest BCUT2D eigenvalue weighted by Gasteiger charge is -2.32. The molecule has 0 spiro atoms. The van der Waals surface area contributed by atoms with Crippen molar-refractivity contribution in [2.45, 2.75) is 32.0 Å². The van der Waals surface area contributed by atoms with Gasteiger partial charge in [-0.15, -0.1) is 11.3 Å². The van der Waals surface area contributed by atoms with Crippen molar-refractivity contribution in [1.29, 1.82) is 0 Å². The Hall–Kier alpha value is -2.37. The predicted octanol–water partition coefficient (Wildman–Crippen LogP) is 3.97. The van der Waals surface area contributed by atoms with Gasteiger partial charge in [0.25, 0.3) is 0 Å². The molecule has 1 aromatic heterocycles. The van der Waals surface area contributed by atoms with Crippen LogP contribution in [-0.2, 0) is 13.1 Å². The average Bonchev–Trinajstić information content (AvgIpc) is 3.12. The third kappa shape index (κ3) is 4.87. The summed E-state index contributed by atoms with van der Waals surface area (Å²) in [5.74, 6) is 0.564. The van der Waals surface area contributed by atoms with E-state index in [2.05, 4.69) is 75.9 Å². The molecule has 1 aliphatic rings. The topological polar surface area (TPSA) is 53.6 Å². The van der Waals surface area contributed by atoms with Crippen LogP contribution in [0.15, 0.2) is 65.7 Å². The van der Waals surface area contributed by atoms with Crippen molar-refractivity contribution in [1.82, 2.24) is 10.2 Å². The van der Waals surface area contributed by atoms with Crippen molar-refractivity contribution in [2.75, 3.05) is 13.1 Å². The van der Waals surface area contributed by atoms with Crippen molar-refractivity contribution in [3.8, 4) is 0 Å². The molecule has 0 unspecified atom stereocenters. The first-order valence-corrected chi connectivity index (χ1v) is 10.4. The maximum atomic E-state index is 6.13. The molecule has 0 bridgehead atoms. The first kappa shape index (κ1) is 18.0. The van der Waals surface area contributed by atoms with Crippen molar-refractivity contribution in [3.63, 3.8) is 0 Å². The third-order valence-electron chi connectivity index (χ3n) is 5.07. The summed E-state index contributed by atoms with van der Waals surface area (Å²) in [5, 5.41) is 4.70. The van der Waals surface area contributed by atoms with Crippen LogP contribution in [0.2, 0.25) is 0 Å². The van der Waals surface area contributed by atoms with Gasteiger partial charge in [0.1, 0.15) is 0 Å². The molecule has 2 aromatic carbocycles. The number of hydrogen-bond acceptors (Lipinski definition) is 3. The van der Waals surface area contributed by atoms with Gasteiger partial charge in [-0.1, -0.05) is 48.5 Å². The van der Waals surface area contributed by atoms with E-state index in [1.807, 2.05) is 0 Å².